The Morgan fingerprint density at radius 2 is 2.00 bits per heavy atom. The Hall–Kier alpha value is -3.44. The third-order valence-electron chi connectivity index (χ3n) is 4.14. The molecule has 0 aliphatic carbocycles. The number of esters is 1. The molecule has 2 aromatic carbocycles. The summed E-state index contributed by atoms with van der Waals surface area (Å²) in [6.07, 6.45) is 0. The van der Waals surface area contributed by atoms with Gasteiger partial charge in [-0.2, -0.15) is 4.99 Å². The minimum absolute atomic E-state index is 0.123. The molecule has 2 aromatic heterocycles. The third-order valence-corrected chi connectivity index (χ3v) is 6.23. The molecule has 0 aliphatic heterocycles. The number of ether oxygens (including phenoxy) is 1. The van der Waals surface area contributed by atoms with Gasteiger partial charge in [0.25, 0.3) is 5.69 Å². The summed E-state index contributed by atoms with van der Waals surface area (Å²) in [7, 11) is 0. The van der Waals surface area contributed by atoms with Gasteiger partial charge in [-0.1, -0.05) is 23.5 Å². The Morgan fingerprint density at radius 1 is 1.20 bits per heavy atom. The van der Waals surface area contributed by atoms with Crippen molar-refractivity contribution in [3.63, 3.8) is 0 Å². The van der Waals surface area contributed by atoms with Gasteiger partial charge < -0.3 is 9.30 Å². The molecule has 4 aromatic rings. The van der Waals surface area contributed by atoms with Crippen molar-refractivity contribution in [2.45, 2.75) is 13.5 Å². The van der Waals surface area contributed by atoms with Gasteiger partial charge in [0.05, 0.1) is 32.0 Å². The number of nitrogens with zero attached hydrogens (tertiary/aromatic N) is 4. The van der Waals surface area contributed by atoms with Crippen LogP contribution in [0, 0.1) is 10.1 Å². The minimum Gasteiger partial charge on any atom is -0.465 e. The van der Waals surface area contributed by atoms with Gasteiger partial charge in [-0.3, -0.25) is 19.7 Å². The molecular weight excluding hydrogens is 428 g/mol. The molecule has 0 radical (unpaired) electrons. The van der Waals surface area contributed by atoms with Crippen molar-refractivity contribution in [1.82, 2.24) is 9.55 Å². The number of aromatic nitrogens is 2. The molecular formula is C19H14N4O5S2. The zero-order chi connectivity index (χ0) is 21.3. The van der Waals surface area contributed by atoms with Crippen LogP contribution in [-0.4, -0.2) is 33.0 Å². The average Bonchev–Trinajstić information content (AvgIpc) is 3.29. The van der Waals surface area contributed by atoms with Crippen LogP contribution in [0.25, 0.3) is 20.4 Å². The van der Waals surface area contributed by atoms with Gasteiger partial charge in [-0.05, 0) is 25.1 Å². The van der Waals surface area contributed by atoms with Gasteiger partial charge in [0.2, 0.25) is 0 Å². The molecule has 152 valence electrons. The van der Waals surface area contributed by atoms with E-state index < -0.39 is 16.8 Å². The van der Waals surface area contributed by atoms with Crippen molar-refractivity contribution < 1.29 is 19.2 Å². The van der Waals surface area contributed by atoms with Crippen LogP contribution in [-0.2, 0) is 16.1 Å². The molecule has 0 saturated heterocycles. The van der Waals surface area contributed by atoms with Crippen molar-refractivity contribution in [3.8, 4) is 0 Å². The zero-order valence-corrected chi connectivity index (χ0v) is 17.2. The molecule has 0 bridgehead atoms. The molecule has 0 fully saturated rings. The van der Waals surface area contributed by atoms with E-state index in [4.69, 9.17) is 4.74 Å². The molecule has 1 amide bonds. The second-order valence-corrected chi connectivity index (χ2v) is 8.13. The van der Waals surface area contributed by atoms with E-state index in [1.165, 1.54) is 28.0 Å². The van der Waals surface area contributed by atoms with E-state index >= 15 is 0 Å². The van der Waals surface area contributed by atoms with E-state index in [-0.39, 0.29) is 28.6 Å². The van der Waals surface area contributed by atoms with Crippen LogP contribution in [0.15, 0.2) is 47.5 Å². The first-order valence-electron chi connectivity index (χ1n) is 8.84. The Labute approximate surface area is 177 Å². The van der Waals surface area contributed by atoms with Crippen LogP contribution >= 0.6 is 22.7 Å². The lowest BCUT2D eigenvalue weighted by Gasteiger charge is -2.04. The zero-order valence-electron chi connectivity index (χ0n) is 15.6. The SMILES string of the molecule is CCOC(=O)Cn1c(=NC(=O)c2nc3ccccc3s2)sc2ccc([N+](=O)[O-])cc21. The number of para-hydroxylation sites is 1. The molecule has 2 heterocycles. The maximum atomic E-state index is 12.7. The number of non-ortho nitro benzene ring substituents is 1. The summed E-state index contributed by atoms with van der Waals surface area (Å²) in [5, 5.41) is 11.4. The maximum absolute atomic E-state index is 12.7. The second kappa shape index (κ2) is 8.13. The van der Waals surface area contributed by atoms with E-state index in [2.05, 4.69) is 9.98 Å². The number of hydrogen-bond donors (Lipinski definition) is 0. The largest absolute Gasteiger partial charge is 0.465 e. The first-order valence-corrected chi connectivity index (χ1v) is 10.5. The van der Waals surface area contributed by atoms with Crippen molar-refractivity contribution >= 4 is 60.7 Å². The van der Waals surface area contributed by atoms with E-state index in [0.29, 0.717) is 15.7 Å². The fraction of sp³-hybridized carbons (Fsp3) is 0.158. The number of nitro benzene ring substituents is 1. The van der Waals surface area contributed by atoms with Crippen LogP contribution in [0.1, 0.15) is 16.7 Å². The Bertz CT molecular complexity index is 1340. The number of benzene rings is 2. The number of amides is 1. The normalized spacial score (nSPS) is 11.8. The predicted molar refractivity (Wildman–Crippen MR) is 113 cm³/mol. The number of carbonyl (C=O) groups excluding carboxylic acids is 2. The summed E-state index contributed by atoms with van der Waals surface area (Å²) < 4.78 is 7.97. The lowest BCUT2D eigenvalue weighted by Crippen LogP contribution is -2.23. The van der Waals surface area contributed by atoms with Crippen molar-refractivity contribution in [2.24, 2.45) is 4.99 Å². The summed E-state index contributed by atoms with van der Waals surface area (Å²) in [4.78, 5) is 44.2. The summed E-state index contributed by atoms with van der Waals surface area (Å²) >= 11 is 2.38. The van der Waals surface area contributed by atoms with E-state index in [1.54, 1.807) is 13.0 Å². The highest BCUT2D eigenvalue weighted by molar-refractivity contribution is 7.20. The highest BCUT2D eigenvalue weighted by Gasteiger charge is 2.17. The quantitative estimate of drug-likeness (QED) is 0.265. The van der Waals surface area contributed by atoms with Crippen LogP contribution in [0.2, 0.25) is 0 Å². The summed E-state index contributed by atoms with van der Waals surface area (Å²) in [6.45, 7) is 1.65. The number of thiazole rings is 2. The van der Waals surface area contributed by atoms with Crippen LogP contribution in [0.4, 0.5) is 5.69 Å². The smallest absolute Gasteiger partial charge is 0.326 e. The fourth-order valence-electron chi connectivity index (χ4n) is 2.84. The lowest BCUT2D eigenvalue weighted by atomic mass is 10.3. The fourth-order valence-corrected chi connectivity index (χ4v) is 4.70. The monoisotopic (exact) mass is 442 g/mol. The highest BCUT2D eigenvalue weighted by Crippen LogP contribution is 2.24. The van der Waals surface area contributed by atoms with Crippen LogP contribution in [0.3, 0.4) is 0 Å². The van der Waals surface area contributed by atoms with E-state index in [9.17, 15) is 19.7 Å². The minimum atomic E-state index is -0.546. The van der Waals surface area contributed by atoms with Gasteiger partial charge in [-0.25, -0.2) is 4.98 Å². The predicted octanol–water partition coefficient (Wildman–Crippen LogP) is 3.52. The van der Waals surface area contributed by atoms with Crippen molar-refractivity contribution in [3.05, 3.63) is 62.4 Å². The Morgan fingerprint density at radius 3 is 2.73 bits per heavy atom. The van der Waals surface area contributed by atoms with Gasteiger partial charge in [0.1, 0.15) is 6.54 Å². The topological polar surface area (TPSA) is 117 Å². The molecule has 11 heteroatoms. The first kappa shape index (κ1) is 19.9. The van der Waals surface area contributed by atoms with Gasteiger partial charge in [0.15, 0.2) is 9.81 Å². The number of hydrogen-bond acceptors (Lipinski definition) is 8. The molecule has 0 saturated carbocycles. The summed E-state index contributed by atoms with van der Waals surface area (Å²) in [5.41, 5.74) is 1.01. The van der Waals surface area contributed by atoms with Crippen molar-refractivity contribution in [2.75, 3.05) is 6.61 Å². The molecule has 4 rings (SSSR count). The average molecular weight is 442 g/mol. The molecule has 0 aliphatic rings. The van der Waals surface area contributed by atoms with Crippen molar-refractivity contribution in [1.29, 1.82) is 0 Å². The number of nitro groups is 1. The Balaban J connectivity index is 1.84. The van der Waals surface area contributed by atoms with E-state index in [0.717, 1.165) is 16.0 Å². The molecule has 0 spiro atoms. The Kier molecular flexibility index (Phi) is 5.38. The molecule has 0 atom stereocenters. The van der Waals surface area contributed by atoms with Crippen LogP contribution < -0.4 is 4.80 Å². The molecule has 0 N–H and O–H groups in total. The molecule has 30 heavy (non-hydrogen) atoms. The van der Waals surface area contributed by atoms with Crippen LogP contribution in [0.5, 0.6) is 0 Å². The van der Waals surface area contributed by atoms with E-state index in [1.807, 2.05) is 24.3 Å². The van der Waals surface area contributed by atoms with Gasteiger partial charge in [-0.15, -0.1) is 11.3 Å². The maximum Gasteiger partial charge on any atom is 0.326 e. The number of rotatable bonds is 5. The molecule has 0 unspecified atom stereocenters. The van der Waals surface area contributed by atoms with Gasteiger partial charge in [0, 0.05) is 12.1 Å². The first-order chi connectivity index (χ1) is 14.5. The number of carbonyl (C=O) groups is 2. The number of fused-ring (bicyclic) bond motifs is 2. The summed E-state index contributed by atoms with van der Waals surface area (Å²) in [5.74, 6) is -1.08. The lowest BCUT2D eigenvalue weighted by molar-refractivity contribution is -0.384. The molecule has 9 nitrogen and oxygen atoms in total. The highest BCUT2D eigenvalue weighted by atomic mass is 32.1. The van der Waals surface area contributed by atoms with Gasteiger partial charge >= 0.3 is 11.9 Å². The second-order valence-electron chi connectivity index (χ2n) is 6.09. The summed E-state index contributed by atoms with van der Waals surface area (Å²) in [6, 6.07) is 11.7. The third kappa shape index (κ3) is 3.84. The standard InChI is InChI=1S/C19H14N4O5S2/c1-2-28-16(24)10-22-13-9-11(23(26)27)7-8-15(13)30-19(22)21-17(25)18-20-12-5-3-4-6-14(12)29-18/h3-9H,2,10H2,1H3.